The fourth-order valence-corrected chi connectivity index (χ4v) is 2.03. The summed E-state index contributed by atoms with van der Waals surface area (Å²) in [6.07, 6.45) is 3.48. The van der Waals surface area contributed by atoms with Crippen molar-refractivity contribution in [2.45, 2.75) is 40.5 Å². The predicted octanol–water partition coefficient (Wildman–Crippen LogP) is 2.06. The van der Waals surface area contributed by atoms with Gasteiger partial charge in [0.25, 0.3) is 0 Å². The number of hydrogen-bond acceptors (Lipinski definition) is 5. The highest BCUT2D eigenvalue weighted by Gasteiger charge is 2.14. The Labute approximate surface area is 113 Å². The van der Waals surface area contributed by atoms with Gasteiger partial charge in [0, 0.05) is 12.1 Å². The van der Waals surface area contributed by atoms with Crippen LogP contribution in [0.15, 0.2) is 6.33 Å². The van der Waals surface area contributed by atoms with Gasteiger partial charge < -0.3 is 5.32 Å². The molecule has 0 fully saturated rings. The first-order chi connectivity index (χ1) is 9.17. The number of nitrogens with zero attached hydrogens (tertiary/aromatic N) is 5. The van der Waals surface area contributed by atoms with Gasteiger partial charge in [-0.05, 0) is 26.7 Å². The highest BCUT2D eigenvalue weighted by atomic mass is 15.4. The lowest BCUT2D eigenvalue weighted by Gasteiger charge is -2.13. The molecule has 0 unspecified atom stereocenters. The molecule has 0 aliphatic heterocycles. The lowest BCUT2D eigenvalue weighted by atomic mass is 10.2. The molecule has 0 spiro atoms. The molecule has 19 heavy (non-hydrogen) atoms. The summed E-state index contributed by atoms with van der Waals surface area (Å²) < 4.78 is 1.78. The Morgan fingerprint density at radius 1 is 1.21 bits per heavy atom. The summed E-state index contributed by atoms with van der Waals surface area (Å²) in [7, 11) is 0. The van der Waals surface area contributed by atoms with Crippen LogP contribution in [0.2, 0.25) is 0 Å². The van der Waals surface area contributed by atoms with Crippen molar-refractivity contribution in [2.75, 3.05) is 11.9 Å². The lowest BCUT2D eigenvalue weighted by Crippen LogP contribution is -2.12. The van der Waals surface area contributed by atoms with Crippen LogP contribution in [0.25, 0.3) is 5.82 Å². The molecule has 2 aromatic heterocycles. The number of nitrogens with one attached hydrogen (secondary N) is 1. The Kier molecular flexibility index (Phi) is 4.09. The van der Waals surface area contributed by atoms with Crippen molar-refractivity contribution >= 4 is 5.82 Å². The quantitative estimate of drug-likeness (QED) is 0.891. The Hall–Kier alpha value is -1.98. The molecule has 0 bridgehead atoms. The van der Waals surface area contributed by atoms with Gasteiger partial charge in [0.2, 0.25) is 0 Å². The second-order valence-electron chi connectivity index (χ2n) is 4.42. The fraction of sp³-hybridized carbons (Fsp3) is 0.538. The number of aromatic nitrogens is 5. The van der Waals surface area contributed by atoms with Gasteiger partial charge in [0.15, 0.2) is 5.82 Å². The molecule has 0 aliphatic carbocycles. The second-order valence-corrected chi connectivity index (χ2v) is 4.42. The van der Waals surface area contributed by atoms with Crippen LogP contribution in [0.1, 0.15) is 37.5 Å². The van der Waals surface area contributed by atoms with E-state index >= 15 is 0 Å². The molecule has 6 nitrogen and oxygen atoms in total. The smallest absolute Gasteiger partial charge is 0.164 e. The van der Waals surface area contributed by atoms with E-state index in [0.717, 1.165) is 48.2 Å². The minimum absolute atomic E-state index is 0.751. The maximum atomic E-state index is 4.40. The summed E-state index contributed by atoms with van der Waals surface area (Å²) in [6, 6.07) is 0. The molecule has 0 aliphatic rings. The van der Waals surface area contributed by atoms with Crippen LogP contribution in [0.5, 0.6) is 0 Å². The average Bonchev–Trinajstić information content (AvgIpc) is 2.74. The Bertz CT molecular complexity index is 560. The van der Waals surface area contributed by atoms with Crippen molar-refractivity contribution in [3.05, 3.63) is 23.5 Å². The van der Waals surface area contributed by atoms with Gasteiger partial charge in [-0.3, -0.25) is 0 Å². The van der Waals surface area contributed by atoms with E-state index in [0.29, 0.717) is 0 Å². The number of rotatable bonds is 5. The normalized spacial score (nSPS) is 10.7. The van der Waals surface area contributed by atoms with Gasteiger partial charge in [-0.25, -0.2) is 15.0 Å². The van der Waals surface area contributed by atoms with E-state index in [2.05, 4.69) is 39.2 Å². The Morgan fingerprint density at radius 3 is 2.58 bits per heavy atom. The van der Waals surface area contributed by atoms with Gasteiger partial charge in [0.05, 0.1) is 0 Å². The maximum absolute atomic E-state index is 4.40. The van der Waals surface area contributed by atoms with Gasteiger partial charge in [-0.2, -0.15) is 4.68 Å². The number of anilines is 1. The second kappa shape index (κ2) is 5.77. The van der Waals surface area contributed by atoms with Crippen molar-refractivity contribution in [1.82, 2.24) is 24.7 Å². The standard InChI is InChI=1S/C13H20N6/c1-5-7-14-12-11(6-2)13(16-8-15-12)19-10(4)17-9(3)18-19/h8H,5-7H2,1-4H3,(H,14,15,16). The van der Waals surface area contributed by atoms with E-state index in [1.54, 1.807) is 11.0 Å². The first-order valence-electron chi connectivity index (χ1n) is 6.65. The molecule has 2 rings (SSSR count). The van der Waals surface area contributed by atoms with Gasteiger partial charge >= 0.3 is 0 Å². The average molecular weight is 260 g/mol. The SMILES string of the molecule is CCCNc1ncnc(-n2nc(C)nc2C)c1CC. The molecular formula is C13H20N6. The van der Waals surface area contributed by atoms with Crippen molar-refractivity contribution in [2.24, 2.45) is 0 Å². The summed E-state index contributed by atoms with van der Waals surface area (Å²) in [6.45, 7) is 8.94. The highest BCUT2D eigenvalue weighted by Crippen LogP contribution is 2.20. The molecule has 6 heteroatoms. The van der Waals surface area contributed by atoms with Crippen LogP contribution >= 0.6 is 0 Å². The molecule has 0 amide bonds. The molecular weight excluding hydrogens is 240 g/mol. The minimum Gasteiger partial charge on any atom is -0.370 e. The lowest BCUT2D eigenvalue weighted by molar-refractivity contribution is 0.781. The van der Waals surface area contributed by atoms with E-state index in [1.807, 2.05) is 13.8 Å². The van der Waals surface area contributed by atoms with Gasteiger partial charge in [-0.1, -0.05) is 13.8 Å². The zero-order chi connectivity index (χ0) is 13.8. The van der Waals surface area contributed by atoms with Gasteiger partial charge in [0.1, 0.15) is 23.8 Å². The molecule has 2 aromatic rings. The molecule has 0 atom stereocenters. The first kappa shape index (κ1) is 13.5. The van der Waals surface area contributed by atoms with Crippen molar-refractivity contribution < 1.29 is 0 Å². The van der Waals surface area contributed by atoms with Gasteiger partial charge in [-0.15, -0.1) is 5.10 Å². The molecule has 102 valence electrons. The van der Waals surface area contributed by atoms with Crippen LogP contribution in [-0.4, -0.2) is 31.3 Å². The first-order valence-corrected chi connectivity index (χ1v) is 6.65. The van der Waals surface area contributed by atoms with Crippen LogP contribution in [0.3, 0.4) is 0 Å². The summed E-state index contributed by atoms with van der Waals surface area (Å²) >= 11 is 0. The van der Waals surface area contributed by atoms with Crippen molar-refractivity contribution in [1.29, 1.82) is 0 Å². The molecule has 2 heterocycles. The number of hydrogen-bond donors (Lipinski definition) is 1. The van der Waals surface area contributed by atoms with Crippen LogP contribution in [0, 0.1) is 13.8 Å². The zero-order valence-corrected chi connectivity index (χ0v) is 11.9. The molecule has 1 N–H and O–H groups in total. The third-order valence-corrected chi connectivity index (χ3v) is 2.89. The zero-order valence-electron chi connectivity index (χ0n) is 11.9. The van der Waals surface area contributed by atoms with E-state index in [4.69, 9.17) is 0 Å². The topological polar surface area (TPSA) is 68.5 Å². The summed E-state index contributed by atoms with van der Waals surface area (Å²) in [5.74, 6) is 3.30. The molecule has 0 radical (unpaired) electrons. The molecule has 0 aromatic carbocycles. The Morgan fingerprint density at radius 2 is 2.00 bits per heavy atom. The van der Waals surface area contributed by atoms with Crippen molar-refractivity contribution in [3.8, 4) is 5.82 Å². The fourth-order valence-electron chi connectivity index (χ4n) is 2.03. The third-order valence-electron chi connectivity index (χ3n) is 2.89. The molecule has 0 saturated carbocycles. The van der Waals surface area contributed by atoms with Crippen LogP contribution < -0.4 is 5.32 Å². The van der Waals surface area contributed by atoms with E-state index in [1.165, 1.54) is 0 Å². The largest absolute Gasteiger partial charge is 0.370 e. The summed E-state index contributed by atoms with van der Waals surface area (Å²) in [5.41, 5.74) is 1.07. The monoisotopic (exact) mass is 260 g/mol. The van der Waals surface area contributed by atoms with E-state index in [-0.39, 0.29) is 0 Å². The van der Waals surface area contributed by atoms with Crippen LogP contribution in [-0.2, 0) is 6.42 Å². The summed E-state index contributed by atoms with van der Waals surface area (Å²) in [5, 5.41) is 7.74. The highest BCUT2D eigenvalue weighted by molar-refractivity contribution is 5.51. The third kappa shape index (κ3) is 2.72. The minimum atomic E-state index is 0.751. The van der Waals surface area contributed by atoms with Crippen LogP contribution in [0.4, 0.5) is 5.82 Å². The summed E-state index contributed by atoms with van der Waals surface area (Å²) in [4.78, 5) is 13.0. The van der Waals surface area contributed by atoms with E-state index in [9.17, 15) is 0 Å². The van der Waals surface area contributed by atoms with E-state index < -0.39 is 0 Å². The maximum Gasteiger partial charge on any atom is 0.164 e. The van der Waals surface area contributed by atoms with Crippen molar-refractivity contribution in [3.63, 3.8) is 0 Å². The number of aryl methyl sites for hydroxylation is 2. The predicted molar refractivity (Wildman–Crippen MR) is 74.6 cm³/mol. The Balaban J connectivity index is 2.48. The molecule has 0 saturated heterocycles.